The van der Waals surface area contributed by atoms with Gasteiger partial charge >= 0.3 is 5.97 Å². The van der Waals surface area contributed by atoms with Gasteiger partial charge in [-0.2, -0.15) is 0 Å². The van der Waals surface area contributed by atoms with Crippen LogP contribution in [0.2, 0.25) is 0 Å². The third-order valence-corrected chi connectivity index (χ3v) is 1.38. The molecule has 0 aromatic heterocycles. The van der Waals surface area contributed by atoms with Gasteiger partial charge in [0.05, 0.1) is 5.56 Å². The van der Waals surface area contributed by atoms with Crippen molar-refractivity contribution in [1.29, 1.82) is 0 Å². The third-order valence-electron chi connectivity index (χ3n) is 1.38. The van der Waals surface area contributed by atoms with E-state index in [-0.39, 0.29) is 6.47 Å². The van der Waals surface area contributed by atoms with Gasteiger partial charge in [-0.3, -0.25) is 4.79 Å². The molecule has 0 aliphatic rings. The number of carboxylic acid groups (broad SMARTS) is 2. The lowest BCUT2D eigenvalue weighted by Crippen LogP contribution is -1.97. The third kappa shape index (κ3) is 7.21. The Hall–Kier alpha value is -1.88. The summed E-state index contributed by atoms with van der Waals surface area (Å²) in [6.07, 6.45) is 0. The van der Waals surface area contributed by atoms with E-state index in [1.165, 1.54) is 0 Å². The van der Waals surface area contributed by atoms with Crippen molar-refractivity contribution in [3.05, 3.63) is 35.4 Å². The maximum absolute atomic E-state index is 10.4. The number of hydrogen-bond acceptors (Lipinski definition) is 3. The molecule has 0 aliphatic carbocycles. The van der Waals surface area contributed by atoms with Gasteiger partial charge in [0, 0.05) is 7.11 Å². The molecule has 5 heteroatoms. The summed E-state index contributed by atoms with van der Waals surface area (Å²) < 4.78 is 0. The van der Waals surface area contributed by atoms with Crippen molar-refractivity contribution in [3.8, 4) is 0 Å². The molecule has 0 fully saturated rings. The summed E-state index contributed by atoms with van der Waals surface area (Å²) in [7, 11) is 1.00. The van der Waals surface area contributed by atoms with Gasteiger partial charge in [0.25, 0.3) is 6.47 Å². The number of rotatable bonds is 1. The molecule has 0 bridgehead atoms. The van der Waals surface area contributed by atoms with Crippen molar-refractivity contribution >= 4 is 12.4 Å². The number of carboxylic acids is 1. The second-order valence-corrected chi connectivity index (χ2v) is 2.23. The van der Waals surface area contributed by atoms with Crippen LogP contribution in [-0.4, -0.2) is 34.9 Å². The predicted octanol–water partition coefficient (Wildman–Crippen LogP) is 1.00. The summed E-state index contributed by atoms with van der Waals surface area (Å²) >= 11 is 0. The quantitative estimate of drug-likeness (QED) is 0.606. The Morgan fingerprint density at radius 1 is 1.27 bits per heavy atom. The van der Waals surface area contributed by atoms with Crippen molar-refractivity contribution in [3.63, 3.8) is 0 Å². The highest BCUT2D eigenvalue weighted by molar-refractivity contribution is 5.89. The summed E-state index contributed by atoms with van der Waals surface area (Å²) in [5.74, 6) is -0.863. The molecule has 1 aromatic carbocycles. The van der Waals surface area contributed by atoms with Crippen LogP contribution in [0.5, 0.6) is 0 Å². The molecular weight excluding hydrogens is 200 g/mol. The van der Waals surface area contributed by atoms with Crippen LogP contribution in [0.1, 0.15) is 15.9 Å². The van der Waals surface area contributed by atoms with Crippen molar-refractivity contribution in [2.24, 2.45) is 0 Å². The lowest BCUT2D eigenvalue weighted by molar-refractivity contribution is -0.122. The zero-order valence-corrected chi connectivity index (χ0v) is 8.54. The first-order valence-corrected chi connectivity index (χ1v) is 3.95. The van der Waals surface area contributed by atoms with Crippen LogP contribution in [0.15, 0.2) is 24.3 Å². The number of aliphatic hydroxyl groups is 1. The Balaban J connectivity index is 0. The number of benzene rings is 1. The van der Waals surface area contributed by atoms with Gasteiger partial charge in [-0.05, 0) is 18.6 Å². The molecule has 0 saturated carbocycles. The molecule has 0 atom stereocenters. The number of aryl methyl sites for hydroxylation is 1. The minimum Gasteiger partial charge on any atom is -0.483 e. The molecule has 1 aromatic rings. The first-order valence-electron chi connectivity index (χ1n) is 3.95. The molecule has 0 heterocycles. The van der Waals surface area contributed by atoms with E-state index in [0.29, 0.717) is 5.56 Å². The first kappa shape index (κ1) is 15.6. The van der Waals surface area contributed by atoms with E-state index in [1.54, 1.807) is 25.1 Å². The Kier molecular flexibility index (Phi) is 10.6. The number of hydrogen-bond donors (Lipinski definition) is 3. The van der Waals surface area contributed by atoms with Crippen LogP contribution < -0.4 is 0 Å². The van der Waals surface area contributed by atoms with Gasteiger partial charge in [0.15, 0.2) is 0 Å². The fraction of sp³-hybridized carbons (Fsp3) is 0.200. The number of aliphatic hydroxyl groups excluding tert-OH is 1. The van der Waals surface area contributed by atoms with Crippen LogP contribution in [0.3, 0.4) is 0 Å². The molecule has 15 heavy (non-hydrogen) atoms. The maximum atomic E-state index is 10.4. The van der Waals surface area contributed by atoms with E-state index in [0.717, 1.165) is 12.7 Å². The van der Waals surface area contributed by atoms with Crippen LogP contribution >= 0.6 is 0 Å². The zero-order valence-electron chi connectivity index (χ0n) is 8.54. The molecule has 1 rings (SSSR count). The smallest absolute Gasteiger partial charge is 0.335 e. The van der Waals surface area contributed by atoms with Gasteiger partial charge in [-0.25, -0.2) is 4.79 Å². The standard InChI is InChI=1S/C8H8O2.CH2O2.CH4O/c1-6-4-2-3-5-7(6)8(9)10;2-1-3;1-2/h2-5H,1H3,(H,9,10);1H,(H,2,3);2H,1H3. The Morgan fingerprint density at radius 3 is 1.93 bits per heavy atom. The molecule has 5 nitrogen and oxygen atoms in total. The summed E-state index contributed by atoms with van der Waals surface area (Å²) in [4.78, 5) is 18.8. The highest BCUT2D eigenvalue weighted by atomic mass is 16.4. The van der Waals surface area contributed by atoms with E-state index in [4.69, 9.17) is 20.1 Å². The second kappa shape index (κ2) is 10.2. The molecule has 3 N–H and O–H groups in total. The number of aromatic carboxylic acids is 1. The molecule has 0 saturated heterocycles. The highest BCUT2D eigenvalue weighted by Gasteiger charge is 2.02. The zero-order chi connectivity index (χ0) is 12.3. The summed E-state index contributed by atoms with van der Waals surface area (Å²) in [6, 6.07) is 6.92. The van der Waals surface area contributed by atoms with Crippen molar-refractivity contribution in [1.82, 2.24) is 0 Å². The normalized spacial score (nSPS) is 7.40. The van der Waals surface area contributed by atoms with Gasteiger partial charge in [-0.1, -0.05) is 18.2 Å². The molecule has 0 unspecified atom stereocenters. The van der Waals surface area contributed by atoms with Crippen LogP contribution in [-0.2, 0) is 4.79 Å². The van der Waals surface area contributed by atoms with E-state index < -0.39 is 5.97 Å². The topological polar surface area (TPSA) is 94.8 Å². The monoisotopic (exact) mass is 214 g/mol. The fourth-order valence-electron chi connectivity index (χ4n) is 0.813. The summed E-state index contributed by atoms with van der Waals surface area (Å²) in [5, 5.41) is 22.5. The van der Waals surface area contributed by atoms with E-state index >= 15 is 0 Å². The lowest BCUT2D eigenvalue weighted by Gasteiger charge is -1.96. The molecule has 0 aliphatic heterocycles. The SMILES string of the molecule is CO.Cc1ccccc1C(=O)O.O=CO. The Morgan fingerprint density at radius 2 is 1.67 bits per heavy atom. The Labute approximate surface area is 87.6 Å². The minimum atomic E-state index is -0.863. The van der Waals surface area contributed by atoms with E-state index in [2.05, 4.69) is 0 Å². The molecule has 0 radical (unpaired) electrons. The summed E-state index contributed by atoms with van der Waals surface area (Å²) in [5.41, 5.74) is 1.18. The van der Waals surface area contributed by atoms with Crippen LogP contribution in [0, 0.1) is 6.92 Å². The molecule has 84 valence electrons. The minimum absolute atomic E-state index is 0.250. The number of carbonyl (C=O) groups is 2. The molecule has 0 amide bonds. The average Bonchev–Trinajstić information content (AvgIpc) is 2.22. The van der Waals surface area contributed by atoms with Gasteiger partial charge in [0.2, 0.25) is 0 Å². The summed E-state index contributed by atoms with van der Waals surface area (Å²) in [6.45, 7) is 1.53. The second-order valence-electron chi connectivity index (χ2n) is 2.23. The predicted molar refractivity (Wildman–Crippen MR) is 55.0 cm³/mol. The molecular formula is C10H14O5. The highest BCUT2D eigenvalue weighted by Crippen LogP contribution is 2.05. The lowest BCUT2D eigenvalue weighted by atomic mass is 10.1. The largest absolute Gasteiger partial charge is 0.483 e. The fourth-order valence-corrected chi connectivity index (χ4v) is 0.813. The molecule has 0 spiro atoms. The van der Waals surface area contributed by atoms with Gasteiger partial charge in [0.1, 0.15) is 0 Å². The first-order chi connectivity index (χ1) is 7.13. The van der Waals surface area contributed by atoms with Crippen LogP contribution in [0.4, 0.5) is 0 Å². The van der Waals surface area contributed by atoms with Crippen molar-refractivity contribution in [2.45, 2.75) is 6.92 Å². The van der Waals surface area contributed by atoms with Gasteiger partial charge < -0.3 is 15.3 Å². The Bertz CT molecular complexity index is 296. The average molecular weight is 214 g/mol. The van der Waals surface area contributed by atoms with E-state index in [9.17, 15) is 4.79 Å². The van der Waals surface area contributed by atoms with Crippen molar-refractivity contribution < 1.29 is 24.9 Å². The van der Waals surface area contributed by atoms with E-state index in [1.807, 2.05) is 6.07 Å². The van der Waals surface area contributed by atoms with Crippen molar-refractivity contribution in [2.75, 3.05) is 7.11 Å². The van der Waals surface area contributed by atoms with Gasteiger partial charge in [-0.15, -0.1) is 0 Å². The maximum Gasteiger partial charge on any atom is 0.335 e. The van der Waals surface area contributed by atoms with Crippen LogP contribution in [0.25, 0.3) is 0 Å².